The van der Waals surface area contributed by atoms with Gasteiger partial charge in [0, 0.05) is 6.07 Å². The van der Waals surface area contributed by atoms with E-state index < -0.39 is 0 Å². The van der Waals surface area contributed by atoms with Gasteiger partial charge in [-0.05, 0) is 37.4 Å². The first-order valence-corrected chi connectivity index (χ1v) is 9.22. The summed E-state index contributed by atoms with van der Waals surface area (Å²) in [6.07, 6.45) is 3.53. The normalized spacial score (nSPS) is 11.4. The third-order valence-electron chi connectivity index (χ3n) is 3.21. The maximum Gasteiger partial charge on any atom is 0.211 e. The van der Waals surface area contributed by atoms with Gasteiger partial charge in [-0.3, -0.25) is 0 Å². The molecule has 0 unspecified atom stereocenters. The van der Waals surface area contributed by atoms with E-state index in [0.717, 1.165) is 0 Å². The van der Waals surface area contributed by atoms with Gasteiger partial charge in [-0.15, -0.1) is 10.2 Å². The van der Waals surface area contributed by atoms with E-state index in [2.05, 4.69) is 15.3 Å². The minimum atomic E-state index is 0.271. The predicted molar refractivity (Wildman–Crippen MR) is 99.0 cm³/mol. The van der Waals surface area contributed by atoms with Gasteiger partial charge in [0.1, 0.15) is 23.9 Å². The molecule has 1 aromatic carbocycles. The molecule has 0 aliphatic heterocycles. The fraction of sp³-hybridized carbons (Fsp3) is 0.188. The second kappa shape index (κ2) is 7.95. The Morgan fingerprint density at radius 3 is 2.84 bits per heavy atom. The van der Waals surface area contributed by atoms with Gasteiger partial charge < -0.3 is 9.15 Å². The summed E-state index contributed by atoms with van der Waals surface area (Å²) in [6, 6.07) is 8.74. The van der Waals surface area contributed by atoms with Crippen LogP contribution in [0.1, 0.15) is 17.3 Å². The molecular formula is C16H14Cl2N4O2S. The summed E-state index contributed by atoms with van der Waals surface area (Å²) in [5, 5.41) is 14.0. The SMILES string of the molecule is CSc1nnc(C)n1N=Cc1ccc(COc2ccc(Cl)c(Cl)c2)o1. The zero-order chi connectivity index (χ0) is 17.8. The van der Waals surface area contributed by atoms with Crippen LogP contribution in [-0.4, -0.2) is 27.3 Å². The van der Waals surface area contributed by atoms with Crippen molar-refractivity contribution in [2.24, 2.45) is 5.10 Å². The lowest BCUT2D eigenvalue weighted by atomic mass is 10.3. The van der Waals surface area contributed by atoms with Gasteiger partial charge in [-0.25, -0.2) is 0 Å². The molecule has 0 bridgehead atoms. The summed E-state index contributed by atoms with van der Waals surface area (Å²) in [5.41, 5.74) is 0. The highest BCUT2D eigenvalue weighted by atomic mass is 35.5. The molecule has 0 atom stereocenters. The minimum absolute atomic E-state index is 0.271. The third kappa shape index (κ3) is 4.36. The van der Waals surface area contributed by atoms with Crippen molar-refractivity contribution in [2.75, 3.05) is 6.26 Å². The average Bonchev–Trinajstić information content (AvgIpc) is 3.20. The van der Waals surface area contributed by atoms with Crippen molar-refractivity contribution in [3.05, 3.63) is 57.7 Å². The summed E-state index contributed by atoms with van der Waals surface area (Å²) in [6.45, 7) is 2.11. The van der Waals surface area contributed by atoms with E-state index in [9.17, 15) is 0 Å². The smallest absolute Gasteiger partial charge is 0.211 e. The van der Waals surface area contributed by atoms with Gasteiger partial charge in [0.15, 0.2) is 5.82 Å². The Hall–Kier alpha value is -1.96. The summed E-state index contributed by atoms with van der Waals surface area (Å²) in [4.78, 5) is 0. The molecule has 0 fully saturated rings. The number of aryl methyl sites for hydroxylation is 1. The Kier molecular flexibility index (Phi) is 5.67. The Morgan fingerprint density at radius 1 is 1.24 bits per heavy atom. The Balaban J connectivity index is 1.65. The molecule has 9 heteroatoms. The van der Waals surface area contributed by atoms with Crippen LogP contribution in [0.15, 0.2) is 45.0 Å². The monoisotopic (exact) mass is 396 g/mol. The number of rotatable bonds is 6. The third-order valence-corrected chi connectivity index (χ3v) is 4.56. The number of halogens is 2. The van der Waals surface area contributed by atoms with Crippen LogP contribution in [0.25, 0.3) is 0 Å². The first kappa shape index (κ1) is 17.8. The van der Waals surface area contributed by atoms with Crippen LogP contribution in [0.3, 0.4) is 0 Å². The number of hydrogen-bond donors (Lipinski definition) is 0. The number of aromatic nitrogens is 3. The van der Waals surface area contributed by atoms with Crippen molar-refractivity contribution in [3.63, 3.8) is 0 Å². The standard InChI is InChI=1S/C16H14Cl2N4O2S/c1-10-20-21-16(25-2)22(10)19-8-12-3-4-13(24-12)9-23-11-5-6-14(17)15(18)7-11/h3-8H,9H2,1-2H3. The second-order valence-electron chi connectivity index (χ2n) is 4.96. The first-order valence-electron chi connectivity index (χ1n) is 7.23. The van der Waals surface area contributed by atoms with Gasteiger partial charge in [0.25, 0.3) is 0 Å². The highest BCUT2D eigenvalue weighted by molar-refractivity contribution is 7.98. The Labute approximate surface area is 158 Å². The molecule has 0 aliphatic rings. The van der Waals surface area contributed by atoms with Crippen molar-refractivity contribution in [2.45, 2.75) is 18.7 Å². The molecule has 0 amide bonds. The summed E-state index contributed by atoms with van der Waals surface area (Å²) >= 11 is 13.3. The van der Waals surface area contributed by atoms with Crippen LogP contribution in [0.4, 0.5) is 0 Å². The molecule has 0 saturated heterocycles. The molecule has 0 saturated carbocycles. The topological polar surface area (TPSA) is 65.4 Å². The zero-order valence-corrected chi connectivity index (χ0v) is 15.8. The van der Waals surface area contributed by atoms with Gasteiger partial charge in [0.05, 0.1) is 16.3 Å². The van der Waals surface area contributed by atoms with Gasteiger partial charge >= 0.3 is 0 Å². The van der Waals surface area contributed by atoms with Crippen LogP contribution < -0.4 is 4.74 Å². The Bertz CT molecular complexity index is 907. The number of nitrogens with zero attached hydrogens (tertiary/aromatic N) is 4. The fourth-order valence-corrected chi connectivity index (χ4v) is 2.74. The molecule has 0 aliphatic carbocycles. The number of hydrogen-bond acceptors (Lipinski definition) is 6. The molecule has 0 spiro atoms. The Morgan fingerprint density at radius 2 is 2.08 bits per heavy atom. The van der Waals surface area contributed by atoms with Crippen molar-refractivity contribution in [3.8, 4) is 5.75 Å². The summed E-state index contributed by atoms with van der Waals surface area (Å²) in [7, 11) is 0. The quantitative estimate of drug-likeness (QED) is 0.447. The van der Waals surface area contributed by atoms with E-state index in [1.807, 2.05) is 25.3 Å². The molecule has 3 rings (SSSR count). The van der Waals surface area contributed by atoms with Crippen LogP contribution in [0.5, 0.6) is 5.75 Å². The largest absolute Gasteiger partial charge is 0.486 e. The maximum absolute atomic E-state index is 5.96. The number of furan rings is 1. The summed E-state index contributed by atoms with van der Waals surface area (Å²) in [5.74, 6) is 2.59. The predicted octanol–water partition coefficient (Wildman–Crippen LogP) is 4.67. The van der Waals surface area contributed by atoms with Crippen molar-refractivity contribution in [1.29, 1.82) is 0 Å². The van der Waals surface area contributed by atoms with E-state index in [1.54, 1.807) is 29.1 Å². The first-order chi connectivity index (χ1) is 12.1. The van der Waals surface area contributed by atoms with Crippen LogP contribution in [0, 0.1) is 6.92 Å². The molecule has 0 radical (unpaired) electrons. The lowest BCUT2D eigenvalue weighted by Gasteiger charge is -2.05. The van der Waals surface area contributed by atoms with Crippen LogP contribution in [0.2, 0.25) is 10.0 Å². The van der Waals surface area contributed by atoms with E-state index in [-0.39, 0.29) is 6.61 Å². The van der Waals surface area contributed by atoms with Crippen LogP contribution in [-0.2, 0) is 6.61 Å². The van der Waals surface area contributed by atoms with Crippen molar-refractivity contribution >= 4 is 41.2 Å². The number of benzene rings is 1. The maximum atomic E-state index is 5.96. The molecule has 25 heavy (non-hydrogen) atoms. The molecule has 2 heterocycles. The average molecular weight is 397 g/mol. The highest BCUT2D eigenvalue weighted by Crippen LogP contribution is 2.26. The minimum Gasteiger partial charge on any atom is -0.486 e. The second-order valence-corrected chi connectivity index (χ2v) is 6.55. The van der Waals surface area contributed by atoms with Crippen molar-refractivity contribution < 1.29 is 9.15 Å². The molecular weight excluding hydrogens is 383 g/mol. The van der Waals surface area contributed by atoms with Gasteiger partial charge in [-0.1, -0.05) is 35.0 Å². The van der Waals surface area contributed by atoms with Gasteiger partial charge in [-0.2, -0.15) is 9.78 Å². The van der Waals surface area contributed by atoms with E-state index in [0.29, 0.717) is 38.3 Å². The molecule has 3 aromatic rings. The van der Waals surface area contributed by atoms with E-state index in [1.165, 1.54) is 11.8 Å². The lowest BCUT2D eigenvalue weighted by Crippen LogP contribution is -1.95. The highest BCUT2D eigenvalue weighted by Gasteiger charge is 2.07. The van der Waals surface area contributed by atoms with Gasteiger partial charge in [0.2, 0.25) is 5.16 Å². The van der Waals surface area contributed by atoms with E-state index >= 15 is 0 Å². The molecule has 6 nitrogen and oxygen atoms in total. The fourth-order valence-electron chi connectivity index (χ4n) is 1.98. The number of thioether (sulfide) groups is 1. The summed E-state index contributed by atoms with van der Waals surface area (Å²) < 4.78 is 13.0. The lowest BCUT2D eigenvalue weighted by molar-refractivity contribution is 0.270. The van der Waals surface area contributed by atoms with Crippen molar-refractivity contribution in [1.82, 2.24) is 14.9 Å². The molecule has 0 N–H and O–H groups in total. The molecule has 2 aromatic heterocycles. The number of ether oxygens (including phenoxy) is 1. The molecule has 130 valence electrons. The van der Waals surface area contributed by atoms with Crippen LogP contribution >= 0.6 is 35.0 Å². The van der Waals surface area contributed by atoms with E-state index in [4.69, 9.17) is 32.4 Å². The zero-order valence-electron chi connectivity index (χ0n) is 13.4.